The summed E-state index contributed by atoms with van der Waals surface area (Å²) in [5.74, 6) is -1.27. The average molecular weight is 326 g/mol. The molecule has 1 heterocycles. The smallest absolute Gasteiger partial charge is 0.338 e. The van der Waals surface area contributed by atoms with Crippen molar-refractivity contribution in [3.63, 3.8) is 0 Å². The molecule has 0 spiro atoms. The van der Waals surface area contributed by atoms with E-state index in [0.29, 0.717) is 11.3 Å². The van der Waals surface area contributed by atoms with E-state index in [1.165, 1.54) is 0 Å². The van der Waals surface area contributed by atoms with Gasteiger partial charge in [0, 0.05) is 10.0 Å². The van der Waals surface area contributed by atoms with E-state index in [0.717, 1.165) is 4.47 Å². The Morgan fingerprint density at radius 1 is 1.53 bits per heavy atom. The average Bonchev–Trinajstić information content (AvgIpc) is 2.48. The fourth-order valence-electron chi connectivity index (χ4n) is 1.81. The largest absolute Gasteiger partial charge is 0.507 e. The van der Waals surface area contributed by atoms with Gasteiger partial charge >= 0.3 is 5.97 Å². The van der Waals surface area contributed by atoms with E-state index < -0.39 is 5.97 Å². The van der Waals surface area contributed by atoms with Crippen LogP contribution in [0.15, 0.2) is 28.2 Å². The van der Waals surface area contributed by atoms with Gasteiger partial charge < -0.3 is 15.2 Å². The lowest BCUT2D eigenvalue weighted by atomic mass is 10.1. The van der Waals surface area contributed by atoms with Crippen LogP contribution in [0.5, 0.6) is 0 Å². The van der Waals surface area contributed by atoms with Crippen LogP contribution in [0, 0.1) is 0 Å². The molecule has 2 N–H and O–H groups in total. The van der Waals surface area contributed by atoms with Crippen molar-refractivity contribution in [3.8, 4) is 0 Å². The van der Waals surface area contributed by atoms with Crippen molar-refractivity contribution in [2.45, 2.75) is 13.3 Å². The maximum atomic E-state index is 11.8. The normalized spacial score (nSPS) is 14.5. The van der Waals surface area contributed by atoms with E-state index in [1.54, 1.807) is 25.1 Å². The van der Waals surface area contributed by atoms with Gasteiger partial charge in [0.05, 0.1) is 24.3 Å². The number of fused-ring (bicyclic) bond motifs is 1. The summed E-state index contributed by atoms with van der Waals surface area (Å²) < 4.78 is 5.59. The molecule has 0 saturated carbocycles. The number of carbonyl (C=O) groups excluding carboxylic acids is 2. The monoisotopic (exact) mass is 325 g/mol. The van der Waals surface area contributed by atoms with Gasteiger partial charge in [0.1, 0.15) is 5.76 Å². The highest BCUT2D eigenvalue weighted by Gasteiger charge is 2.26. The maximum absolute atomic E-state index is 11.8. The van der Waals surface area contributed by atoms with Crippen molar-refractivity contribution < 1.29 is 19.4 Å². The van der Waals surface area contributed by atoms with E-state index in [2.05, 4.69) is 21.2 Å². The topological polar surface area (TPSA) is 75.6 Å². The molecule has 5 nitrogen and oxygen atoms in total. The summed E-state index contributed by atoms with van der Waals surface area (Å²) in [6, 6.07) is 5.03. The molecule has 19 heavy (non-hydrogen) atoms. The van der Waals surface area contributed by atoms with Gasteiger partial charge in [0.2, 0.25) is 5.91 Å². The molecule has 0 aliphatic carbocycles. The van der Waals surface area contributed by atoms with Crippen molar-refractivity contribution in [2.24, 2.45) is 0 Å². The first-order chi connectivity index (χ1) is 9.02. The second kappa shape index (κ2) is 5.44. The maximum Gasteiger partial charge on any atom is 0.338 e. The highest BCUT2D eigenvalue weighted by molar-refractivity contribution is 9.10. The van der Waals surface area contributed by atoms with Gasteiger partial charge in [-0.3, -0.25) is 4.79 Å². The van der Waals surface area contributed by atoms with Gasteiger partial charge in [-0.25, -0.2) is 4.79 Å². The fraction of sp³-hybridized carbons (Fsp3) is 0.231. The van der Waals surface area contributed by atoms with Gasteiger partial charge in [0.15, 0.2) is 0 Å². The number of carbonyl (C=O) groups is 2. The molecule has 0 saturated heterocycles. The zero-order valence-electron chi connectivity index (χ0n) is 10.2. The number of halogens is 1. The van der Waals surface area contributed by atoms with Gasteiger partial charge in [-0.2, -0.15) is 0 Å². The predicted molar refractivity (Wildman–Crippen MR) is 73.6 cm³/mol. The van der Waals surface area contributed by atoms with Crippen molar-refractivity contribution in [1.29, 1.82) is 0 Å². The van der Waals surface area contributed by atoms with E-state index in [1.807, 2.05) is 0 Å². The summed E-state index contributed by atoms with van der Waals surface area (Å²) in [7, 11) is 0. The highest BCUT2D eigenvalue weighted by Crippen LogP contribution is 2.32. The molecule has 1 aliphatic rings. The summed E-state index contributed by atoms with van der Waals surface area (Å²) in [5.41, 5.74) is 0.824. The SMILES string of the molecule is CCOC(=O)C1=C(O)c2cc(Br)ccc2NC(=O)C1. The molecule has 0 radical (unpaired) electrons. The molecule has 1 aliphatic heterocycles. The Balaban J connectivity index is 2.55. The number of benzene rings is 1. The van der Waals surface area contributed by atoms with Gasteiger partial charge in [-0.15, -0.1) is 0 Å². The number of ether oxygens (including phenoxy) is 1. The number of amides is 1. The molecule has 1 aromatic carbocycles. The molecule has 1 amide bonds. The minimum absolute atomic E-state index is 0.0313. The number of nitrogens with one attached hydrogen (secondary N) is 1. The Morgan fingerprint density at radius 2 is 2.26 bits per heavy atom. The van der Waals surface area contributed by atoms with E-state index >= 15 is 0 Å². The fourth-order valence-corrected chi connectivity index (χ4v) is 2.17. The van der Waals surface area contributed by atoms with Crippen LogP contribution in [0.2, 0.25) is 0 Å². The van der Waals surface area contributed by atoms with Crippen LogP contribution in [0.25, 0.3) is 5.76 Å². The predicted octanol–water partition coefficient (Wildman–Crippen LogP) is 2.62. The second-order valence-corrected chi connectivity index (χ2v) is 4.88. The van der Waals surface area contributed by atoms with Crippen molar-refractivity contribution in [1.82, 2.24) is 0 Å². The molecule has 0 fully saturated rings. The molecule has 2 rings (SSSR count). The minimum Gasteiger partial charge on any atom is -0.507 e. The molecule has 6 heteroatoms. The van der Waals surface area contributed by atoms with Gasteiger partial charge in [-0.1, -0.05) is 15.9 Å². The molecule has 1 aromatic rings. The zero-order valence-corrected chi connectivity index (χ0v) is 11.8. The molecular formula is C13H12BrNO4. The first-order valence-electron chi connectivity index (χ1n) is 5.72. The number of hydrogen-bond acceptors (Lipinski definition) is 4. The summed E-state index contributed by atoms with van der Waals surface area (Å²) in [4.78, 5) is 23.5. The van der Waals surface area contributed by atoms with E-state index in [4.69, 9.17) is 4.74 Å². The molecule has 0 bridgehead atoms. The minimum atomic E-state index is -0.678. The second-order valence-electron chi connectivity index (χ2n) is 3.96. The first kappa shape index (κ1) is 13.6. The third kappa shape index (κ3) is 2.78. The Morgan fingerprint density at radius 3 is 2.95 bits per heavy atom. The Bertz CT molecular complexity index is 580. The van der Waals surface area contributed by atoms with Crippen molar-refractivity contribution in [3.05, 3.63) is 33.8 Å². The lowest BCUT2D eigenvalue weighted by Gasteiger charge is -2.08. The van der Waals surface area contributed by atoms with Gasteiger partial charge in [0.25, 0.3) is 0 Å². The standard InChI is InChI=1S/C13H12BrNO4/c1-2-19-13(18)9-6-11(16)15-10-4-3-7(14)5-8(10)12(9)17/h3-5,17H,2,6H2,1H3,(H,15,16). The van der Waals surface area contributed by atoms with Crippen LogP contribution in [0.1, 0.15) is 18.9 Å². The van der Waals surface area contributed by atoms with Crippen LogP contribution in [0.3, 0.4) is 0 Å². The number of rotatable bonds is 2. The summed E-state index contributed by atoms with van der Waals surface area (Å²) in [5, 5.41) is 12.8. The Labute approximate surface area is 118 Å². The number of hydrogen-bond donors (Lipinski definition) is 2. The highest BCUT2D eigenvalue weighted by atomic mass is 79.9. The van der Waals surface area contributed by atoms with Crippen molar-refractivity contribution >= 4 is 39.3 Å². The first-order valence-corrected chi connectivity index (χ1v) is 6.51. The van der Waals surface area contributed by atoms with Crippen LogP contribution < -0.4 is 5.32 Å². The third-order valence-electron chi connectivity index (χ3n) is 2.66. The lowest BCUT2D eigenvalue weighted by molar-refractivity contribution is -0.139. The van der Waals surface area contributed by atoms with Crippen LogP contribution in [-0.4, -0.2) is 23.6 Å². The Kier molecular flexibility index (Phi) is 3.90. The van der Waals surface area contributed by atoms with E-state index in [-0.39, 0.29) is 30.3 Å². The molecule has 100 valence electrons. The number of aliphatic hydroxyl groups excluding tert-OH is 1. The number of esters is 1. The summed E-state index contributed by atoms with van der Waals surface area (Å²) in [6.07, 6.45) is -0.211. The number of aliphatic hydroxyl groups is 1. The lowest BCUT2D eigenvalue weighted by Crippen LogP contribution is -2.15. The van der Waals surface area contributed by atoms with Crippen LogP contribution >= 0.6 is 15.9 Å². The van der Waals surface area contributed by atoms with E-state index in [9.17, 15) is 14.7 Å². The Hall–Kier alpha value is -1.82. The van der Waals surface area contributed by atoms with Crippen molar-refractivity contribution in [2.75, 3.05) is 11.9 Å². The number of anilines is 1. The van der Waals surface area contributed by atoms with Gasteiger partial charge in [-0.05, 0) is 25.1 Å². The zero-order chi connectivity index (χ0) is 14.0. The molecule has 0 aromatic heterocycles. The third-order valence-corrected chi connectivity index (χ3v) is 3.15. The molecular weight excluding hydrogens is 314 g/mol. The molecule has 0 atom stereocenters. The summed E-state index contributed by atoms with van der Waals surface area (Å²) in [6.45, 7) is 1.85. The van der Waals surface area contributed by atoms with Crippen LogP contribution in [-0.2, 0) is 14.3 Å². The molecule has 0 unspecified atom stereocenters. The summed E-state index contributed by atoms with van der Waals surface area (Å²) >= 11 is 3.28. The quantitative estimate of drug-likeness (QED) is 0.819. The van der Waals surface area contributed by atoms with Crippen LogP contribution in [0.4, 0.5) is 5.69 Å².